The van der Waals surface area contributed by atoms with Gasteiger partial charge in [-0.15, -0.1) is 0 Å². The normalized spacial score (nSPS) is 16.8. The van der Waals surface area contributed by atoms with Crippen molar-refractivity contribution in [1.29, 1.82) is 0 Å². The van der Waals surface area contributed by atoms with Crippen molar-refractivity contribution < 1.29 is 9.53 Å². The van der Waals surface area contributed by atoms with E-state index in [0.717, 1.165) is 45.4 Å². The summed E-state index contributed by atoms with van der Waals surface area (Å²) in [5, 5.41) is 3.31. The van der Waals surface area contributed by atoms with Gasteiger partial charge in [-0.1, -0.05) is 0 Å². The van der Waals surface area contributed by atoms with E-state index in [2.05, 4.69) is 24.3 Å². The van der Waals surface area contributed by atoms with E-state index in [9.17, 15) is 4.79 Å². The molecule has 1 heterocycles. The van der Waals surface area contributed by atoms with E-state index >= 15 is 0 Å². The molecule has 0 radical (unpaired) electrons. The molecular weight excluding hydrogens is 242 g/mol. The summed E-state index contributed by atoms with van der Waals surface area (Å²) >= 11 is 0. The lowest BCUT2D eigenvalue weighted by molar-refractivity contribution is -0.131. The van der Waals surface area contributed by atoms with E-state index in [4.69, 9.17) is 4.74 Å². The van der Waals surface area contributed by atoms with Crippen LogP contribution in [0.3, 0.4) is 0 Å². The Hall–Kier alpha value is -0.650. The van der Waals surface area contributed by atoms with Gasteiger partial charge >= 0.3 is 0 Å². The molecule has 5 nitrogen and oxygen atoms in total. The molecule has 0 unspecified atom stereocenters. The molecule has 5 heteroatoms. The van der Waals surface area contributed by atoms with Gasteiger partial charge in [0.1, 0.15) is 0 Å². The Morgan fingerprint density at radius 2 is 1.89 bits per heavy atom. The first-order chi connectivity index (χ1) is 9.09. The lowest BCUT2D eigenvalue weighted by Crippen LogP contribution is -2.34. The average Bonchev–Trinajstić information content (AvgIpc) is 2.39. The molecule has 1 aliphatic heterocycles. The first kappa shape index (κ1) is 16.4. The zero-order valence-corrected chi connectivity index (χ0v) is 12.7. The van der Waals surface area contributed by atoms with Crippen molar-refractivity contribution in [2.24, 2.45) is 0 Å². The van der Waals surface area contributed by atoms with Crippen LogP contribution < -0.4 is 5.32 Å². The number of hydrogen-bond acceptors (Lipinski definition) is 4. The second kappa shape index (κ2) is 9.28. The van der Waals surface area contributed by atoms with E-state index < -0.39 is 0 Å². The topological polar surface area (TPSA) is 44.8 Å². The van der Waals surface area contributed by atoms with Gasteiger partial charge in [-0.3, -0.25) is 4.79 Å². The molecule has 0 atom stereocenters. The maximum Gasteiger partial charge on any atom is 0.224 e. The van der Waals surface area contributed by atoms with Gasteiger partial charge in [0.2, 0.25) is 5.91 Å². The smallest absolute Gasteiger partial charge is 0.224 e. The zero-order chi connectivity index (χ0) is 14.1. The fourth-order valence-corrected chi connectivity index (χ4v) is 2.21. The van der Waals surface area contributed by atoms with E-state index in [-0.39, 0.29) is 5.91 Å². The molecule has 0 spiro atoms. The molecule has 1 rings (SSSR count). The predicted octanol–water partition coefficient (Wildman–Crippen LogP) is 0.555. The Balaban J connectivity index is 2.05. The van der Waals surface area contributed by atoms with Crippen molar-refractivity contribution in [2.75, 3.05) is 53.9 Å². The minimum atomic E-state index is 0.188. The van der Waals surface area contributed by atoms with Gasteiger partial charge in [0.05, 0.1) is 19.1 Å². The molecule has 0 saturated carbocycles. The average molecular weight is 271 g/mol. The second-order valence-corrected chi connectivity index (χ2v) is 5.54. The highest BCUT2D eigenvalue weighted by atomic mass is 16.5. The molecule has 1 saturated heterocycles. The molecule has 112 valence electrons. The molecule has 0 aromatic carbocycles. The number of hydrogen-bond donors (Lipinski definition) is 1. The van der Waals surface area contributed by atoms with Crippen molar-refractivity contribution in [2.45, 2.75) is 31.8 Å². The Kier molecular flexibility index (Phi) is 8.02. The van der Waals surface area contributed by atoms with E-state index in [0.29, 0.717) is 19.1 Å². The molecule has 1 fully saturated rings. The van der Waals surface area contributed by atoms with Crippen LogP contribution in [-0.4, -0.2) is 75.7 Å². The molecular formula is C14H29N3O2. The number of rotatable bonds is 8. The summed E-state index contributed by atoms with van der Waals surface area (Å²) in [7, 11) is 5.98. The lowest BCUT2D eigenvalue weighted by atomic mass is 10.1. The van der Waals surface area contributed by atoms with Crippen LogP contribution in [-0.2, 0) is 9.53 Å². The van der Waals surface area contributed by atoms with E-state index in [1.165, 1.54) is 0 Å². The predicted molar refractivity (Wildman–Crippen MR) is 77.3 cm³/mol. The maximum atomic E-state index is 11.9. The zero-order valence-electron chi connectivity index (χ0n) is 12.7. The van der Waals surface area contributed by atoms with Crippen LogP contribution in [0, 0.1) is 0 Å². The number of ether oxygens (including phenoxy) is 1. The summed E-state index contributed by atoms with van der Waals surface area (Å²) in [5.74, 6) is 0.188. The van der Waals surface area contributed by atoms with Gasteiger partial charge < -0.3 is 19.9 Å². The van der Waals surface area contributed by atoms with Gasteiger partial charge in [0, 0.05) is 13.6 Å². The Morgan fingerprint density at radius 1 is 1.21 bits per heavy atom. The highest BCUT2D eigenvalue weighted by molar-refractivity contribution is 5.75. The maximum absolute atomic E-state index is 11.9. The third-order valence-electron chi connectivity index (χ3n) is 3.48. The van der Waals surface area contributed by atoms with Crippen LogP contribution >= 0.6 is 0 Å². The first-order valence-electron chi connectivity index (χ1n) is 7.30. The third kappa shape index (κ3) is 7.50. The summed E-state index contributed by atoms with van der Waals surface area (Å²) in [6, 6.07) is 0. The highest BCUT2D eigenvalue weighted by Gasteiger charge is 2.14. The SMILES string of the molecule is CN(C)CCCN(C)C(=O)CCOC1CCNCC1. The van der Waals surface area contributed by atoms with Crippen LogP contribution in [0.25, 0.3) is 0 Å². The summed E-state index contributed by atoms with van der Waals surface area (Å²) in [6.07, 6.45) is 3.99. The largest absolute Gasteiger partial charge is 0.378 e. The quantitative estimate of drug-likeness (QED) is 0.700. The second-order valence-electron chi connectivity index (χ2n) is 5.54. The van der Waals surface area contributed by atoms with Crippen molar-refractivity contribution >= 4 is 5.91 Å². The molecule has 0 aromatic rings. The van der Waals surface area contributed by atoms with Crippen molar-refractivity contribution in [1.82, 2.24) is 15.1 Å². The molecule has 19 heavy (non-hydrogen) atoms. The van der Waals surface area contributed by atoms with Crippen molar-refractivity contribution in [3.8, 4) is 0 Å². The summed E-state index contributed by atoms with van der Waals surface area (Å²) in [4.78, 5) is 15.8. The minimum Gasteiger partial charge on any atom is -0.378 e. The van der Waals surface area contributed by atoms with Gasteiger partial charge in [0.25, 0.3) is 0 Å². The molecule has 0 aliphatic carbocycles. The number of carbonyl (C=O) groups is 1. The molecule has 1 amide bonds. The highest BCUT2D eigenvalue weighted by Crippen LogP contribution is 2.07. The van der Waals surface area contributed by atoms with E-state index in [1.807, 2.05) is 11.9 Å². The van der Waals surface area contributed by atoms with E-state index in [1.54, 1.807) is 0 Å². The summed E-state index contributed by atoms with van der Waals surface area (Å²) in [5.41, 5.74) is 0. The Labute approximate surface area is 117 Å². The Morgan fingerprint density at radius 3 is 2.53 bits per heavy atom. The molecule has 1 aliphatic rings. The van der Waals surface area contributed by atoms with Gasteiger partial charge in [-0.2, -0.15) is 0 Å². The first-order valence-corrected chi connectivity index (χ1v) is 7.30. The number of nitrogens with one attached hydrogen (secondary N) is 1. The van der Waals surface area contributed by atoms with Crippen molar-refractivity contribution in [3.63, 3.8) is 0 Å². The molecule has 1 N–H and O–H groups in total. The molecule has 0 bridgehead atoms. The van der Waals surface area contributed by atoms with Crippen molar-refractivity contribution in [3.05, 3.63) is 0 Å². The summed E-state index contributed by atoms with van der Waals surface area (Å²) in [6.45, 7) is 4.46. The van der Waals surface area contributed by atoms with Gasteiger partial charge in [-0.05, 0) is 53.0 Å². The fourth-order valence-electron chi connectivity index (χ4n) is 2.21. The fraction of sp³-hybridized carbons (Fsp3) is 0.929. The summed E-state index contributed by atoms with van der Waals surface area (Å²) < 4.78 is 5.75. The molecule has 0 aromatic heterocycles. The number of piperidine rings is 1. The minimum absolute atomic E-state index is 0.188. The number of carbonyl (C=O) groups excluding carboxylic acids is 1. The van der Waals surface area contributed by atoms with Crippen LogP contribution in [0.4, 0.5) is 0 Å². The van der Waals surface area contributed by atoms with Gasteiger partial charge in [0.15, 0.2) is 0 Å². The Bertz CT molecular complexity index is 253. The van der Waals surface area contributed by atoms with Crippen LogP contribution in [0.15, 0.2) is 0 Å². The third-order valence-corrected chi connectivity index (χ3v) is 3.48. The number of nitrogens with zero attached hydrogens (tertiary/aromatic N) is 2. The lowest BCUT2D eigenvalue weighted by Gasteiger charge is -2.23. The van der Waals surface area contributed by atoms with Gasteiger partial charge in [-0.25, -0.2) is 0 Å². The standard InChI is InChI=1S/C14H29N3O2/c1-16(2)10-4-11-17(3)14(18)7-12-19-13-5-8-15-9-6-13/h13,15H,4-12H2,1-3H3. The monoisotopic (exact) mass is 271 g/mol. The van der Waals surface area contributed by atoms with Crippen LogP contribution in [0.1, 0.15) is 25.7 Å². The van der Waals surface area contributed by atoms with Crippen LogP contribution in [0.5, 0.6) is 0 Å². The van der Waals surface area contributed by atoms with Crippen LogP contribution in [0.2, 0.25) is 0 Å². The number of amides is 1.